The second-order valence-electron chi connectivity index (χ2n) is 6.87. The van der Waals surface area contributed by atoms with E-state index in [1.165, 1.54) is 36.0 Å². The van der Waals surface area contributed by atoms with Gasteiger partial charge in [0, 0.05) is 23.7 Å². The fourth-order valence-corrected chi connectivity index (χ4v) is 3.13. The molecule has 0 atom stereocenters. The highest BCUT2D eigenvalue weighted by Crippen LogP contribution is 2.28. The zero-order valence-corrected chi connectivity index (χ0v) is 17.7. The largest absolute Gasteiger partial charge is 0.454 e. The zero-order chi connectivity index (χ0) is 22.3. The fraction of sp³-hybridized carbons (Fsp3) is 0.286. The van der Waals surface area contributed by atoms with Crippen LogP contribution in [0.5, 0.6) is 0 Å². The molecule has 2 aromatic rings. The van der Waals surface area contributed by atoms with Gasteiger partial charge in [-0.15, -0.1) is 11.8 Å². The first-order valence-electron chi connectivity index (χ1n) is 9.14. The highest BCUT2D eigenvalue weighted by molar-refractivity contribution is 7.98. The number of anilines is 1. The van der Waals surface area contributed by atoms with Gasteiger partial charge in [0.15, 0.2) is 12.4 Å². The Morgan fingerprint density at radius 1 is 1.10 bits per heavy atom. The molecule has 0 heterocycles. The fourth-order valence-electron chi connectivity index (χ4n) is 2.58. The quantitative estimate of drug-likeness (QED) is 0.207. The molecule has 0 fully saturated rings. The van der Waals surface area contributed by atoms with Crippen molar-refractivity contribution in [1.29, 1.82) is 0 Å². The van der Waals surface area contributed by atoms with Crippen molar-refractivity contribution in [3.8, 4) is 0 Å². The lowest BCUT2D eigenvalue weighted by molar-refractivity contribution is -0.387. The lowest BCUT2D eigenvalue weighted by Crippen LogP contribution is -2.15. The summed E-state index contributed by atoms with van der Waals surface area (Å²) in [7, 11) is 0. The summed E-state index contributed by atoms with van der Waals surface area (Å²) in [5.41, 5.74) is 0.678. The van der Waals surface area contributed by atoms with Crippen LogP contribution in [0.25, 0.3) is 0 Å². The maximum atomic E-state index is 12.3. The van der Waals surface area contributed by atoms with Crippen LogP contribution in [0.15, 0.2) is 47.4 Å². The number of ketones is 1. The molecule has 0 aliphatic carbocycles. The van der Waals surface area contributed by atoms with Crippen molar-refractivity contribution in [1.82, 2.24) is 0 Å². The molecular formula is C21H22N2O6S. The average molecular weight is 430 g/mol. The molecule has 2 rings (SSSR count). The van der Waals surface area contributed by atoms with Crippen molar-refractivity contribution < 1.29 is 24.0 Å². The van der Waals surface area contributed by atoms with Gasteiger partial charge in [0.05, 0.1) is 15.4 Å². The molecule has 0 spiro atoms. The summed E-state index contributed by atoms with van der Waals surface area (Å²) in [6, 6.07) is 10.3. The Morgan fingerprint density at radius 2 is 1.73 bits per heavy atom. The molecule has 0 aliphatic rings. The molecule has 0 unspecified atom stereocenters. The molecule has 0 saturated heterocycles. The Morgan fingerprint density at radius 3 is 2.30 bits per heavy atom. The third kappa shape index (κ3) is 6.41. The van der Waals surface area contributed by atoms with Gasteiger partial charge < -0.3 is 10.1 Å². The van der Waals surface area contributed by atoms with Crippen LogP contribution < -0.4 is 5.32 Å². The molecule has 0 bridgehead atoms. The van der Waals surface area contributed by atoms with E-state index in [0.29, 0.717) is 22.6 Å². The molecule has 158 valence electrons. The van der Waals surface area contributed by atoms with E-state index >= 15 is 0 Å². The van der Waals surface area contributed by atoms with Crippen LogP contribution in [0.2, 0.25) is 0 Å². The second-order valence-corrected chi connectivity index (χ2v) is 7.71. The number of hydrogen-bond acceptors (Lipinski definition) is 7. The zero-order valence-electron chi connectivity index (χ0n) is 16.8. The number of hydrogen-bond donors (Lipinski definition) is 1. The molecule has 1 amide bonds. The third-order valence-electron chi connectivity index (χ3n) is 4.03. The van der Waals surface area contributed by atoms with Crippen molar-refractivity contribution in [2.24, 2.45) is 5.92 Å². The Labute approximate surface area is 178 Å². The van der Waals surface area contributed by atoms with E-state index in [0.717, 1.165) is 6.07 Å². The third-order valence-corrected chi connectivity index (χ3v) is 4.81. The number of thioether (sulfide) groups is 1. The number of esters is 1. The molecule has 1 N–H and O–H groups in total. The number of Topliss-reactive ketones (excluding diaryl/α,β-unsaturated/α-hetero) is 1. The number of nitrogens with zero attached hydrogens (tertiary/aromatic N) is 1. The first-order chi connectivity index (χ1) is 14.2. The van der Waals surface area contributed by atoms with Gasteiger partial charge in [0.1, 0.15) is 0 Å². The van der Waals surface area contributed by atoms with E-state index < -0.39 is 23.3 Å². The molecular weight excluding hydrogens is 408 g/mol. The van der Waals surface area contributed by atoms with Crippen LogP contribution in [0.1, 0.15) is 41.0 Å². The molecule has 2 aromatic carbocycles. The van der Waals surface area contributed by atoms with E-state index in [1.54, 1.807) is 18.4 Å². The standard InChI is InChI=1S/C21H22N2O6S/c1-13(2)10-20(25)22-16-7-4-14(5-8-16)18(24)12-29-21(26)15-6-9-19(30-3)17(11-15)23(27)28/h4-9,11,13H,10,12H2,1-3H3,(H,22,25). The number of rotatable bonds is 9. The van der Waals surface area contributed by atoms with Crippen molar-refractivity contribution in [2.45, 2.75) is 25.2 Å². The van der Waals surface area contributed by atoms with E-state index in [4.69, 9.17) is 4.74 Å². The molecule has 8 nitrogen and oxygen atoms in total. The lowest BCUT2D eigenvalue weighted by atomic mass is 10.1. The van der Waals surface area contributed by atoms with E-state index in [-0.39, 0.29) is 23.1 Å². The van der Waals surface area contributed by atoms with Gasteiger partial charge in [-0.05, 0) is 48.6 Å². The summed E-state index contributed by atoms with van der Waals surface area (Å²) in [6.07, 6.45) is 2.09. The van der Waals surface area contributed by atoms with Crippen LogP contribution >= 0.6 is 11.8 Å². The smallest absolute Gasteiger partial charge is 0.338 e. The Kier molecular flexibility index (Phi) is 8.11. The van der Waals surface area contributed by atoms with Gasteiger partial charge in [-0.1, -0.05) is 13.8 Å². The van der Waals surface area contributed by atoms with Gasteiger partial charge in [0.25, 0.3) is 5.69 Å². The highest BCUT2D eigenvalue weighted by atomic mass is 32.2. The van der Waals surface area contributed by atoms with Crippen LogP contribution in [-0.2, 0) is 9.53 Å². The molecule has 30 heavy (non-hydrogen) atoms. The maximum absolute atomic E-state index is 12.3. The van der Waals surface area contributed by atoms with E-state index in [1.807, 2.05) is 13.8 Å². The van der Waals surface area contributed by atoms with E-state index in [9.17, 15) is 24.5 Å². The van der Waals surface area contributed by atoms with Gasteiger partial charge in [-0.3, -0.25) is 19.7 Å². The van der Waals surface area contributed by atoms with Gasteiger partial charge >= 0.3 is 5.97 Å². The minimum Gasteiger partial charge on any atom is -0.454 e. The summed E-state index contributed by atoms with van der Waals surface area (Å²) in [5.74, 6) is -1.13. The van der Waals surface area contributed by atoms with Crippen molar-refractivity contribution in [3.05, 3.63) is 63.7 Å². The number of benzene rings is 2. The summed E-state index contributed by atoms with van der Waals surface area (Å²) < 4.78 is 5.00. The number of nitro benzene ring substituents is 1. The van der Waals surface area contributed by atoms with Gasteiger partial charge in [-0.2, -0.15) is 0 Å². The molecule has 0 saturated carbocycles. The number of ether oxygens (including phenoxy) is 1. The molecule has 9 heteroatoms. The SMILES string of the molecule is CSc1ccc(C(=O)OCC(=O)c2ccc(NC(=O)CC(C)C)cc2)cc1[N+](=O)[O-]. The average Bonchev–Trinajstić information content (AvgIpc) is 2.71. The first-order valence-corrected chi connectivity index (χ1v) is 10.4. The van der Waals surface area contributed by atoms with Crippen LogP contribution in [0.4, 0.5) is 11.4 Å². The molecule has 0 aromatic heterocycles. The summed E-state index contributed by atoms with van der Waals surface area (Å²) in [5, 5.41) is 13.9. The predicted molar refractivity (Wildman–Crippen MR) is 114 cm³/mol. The molecule has 0 aliphatic heterocycles. The van der Waals surface area contributed by atoms with E-state index in [2.05, 4.69) is 5.32 Å². The van der Waals surface area contributed by atoms with Gasteiger partial charge in [-0.25, -0.2) is 4.79 Å². The van der Waals surface area contributed by atoms with Crippen molar-refractivity contribution in [2.75, 3.05) is 18.2 Å². The van der Waals surface area contributed by atoms with Crippen LogP contribution in [0.3, 0.4) is 0 Å². The molecule has 0 radical (unpaired) electrons. The first kappa shape index (κ1) is 23.1. The minimum absolute atomic E-state index is 0.00415. The second kappa shape index (κ2) is 10.5. The number of carbonyl (C=O) groups excluding carboxylic acids is 3. The number of amides is 1. The van der Waals surface area contributed by atoms with Crippen molar-refractivity contribution in [3.63, 3.8) is 0 Å². The normalized spacial score (nSPS) is 10.5. The predicted octanol–water partition coefficient (Wildman–Crippen LogP) is 4.34. The van der Waals surface area contributed by atoms with Crippen LogP contribution in [-0.4, -0.2) is 35.4 Å². The Bertz CT molecular complexity index is 956. The Hall–Kier alpha value is -3.20. The number of carbonyl (C=O) groups is 3. The summed E-state index contributed by atoms with van der Waals surface area (Å²) in [4.78, 5) is 47.2. The minimum atomic E-state index is -0.823. The lowest BCUT2D eigenvalue weighted by Gasteiger charge is -2.08. The van der Waals surface area contributed by atoms with Crippen LogP contribution in [0, 0.1) is 16.0 Å². The summed E-state index contributed by atoms with van der Waals surface area (Å²) in [6.45, 7) is 3.38. The number of nitrogens with one attached hydrogen (secondary N) is 1. The topological polar surface area (TPSA) is 116 Å². The maximum Gasteiger partial charge on any atom is 0.338 e. The summed E-state index contributed by atoms with van der Waals surface area (Å²) >= 11 is 1.19. The van der Waals surface area contributed by atoms with Crippen molar-refractivity contribution >= 4 is 40.8 Å². The monoisotopic (exact) mass is 430 g/mol. The Balaban J connectivity index is 1.97. The highest BCUT2D eigenvalue weighted by Gasteiger charge is 2.19. The number of nitro groups is 1. The van der Waals surface area contributed by atoms with Gasteiger partial charge in [0.2, 0.25) is 5.91 Å².